The summed E-state index contributed by atoms with van der Waals surface area (Å²) in [7, 11) is 4.06. The summed E-state index contributed by atoms with van der Waals surface area (Å²) in [6.45, 7) is 1.54. The van der Waals surface area contributed by atoms with Gasteiger partial charge in [-0.15, -0.1) is 0 Å². The lowest BCUT2D eigenvalue weighted by Crippen LogP contribution is -3.06. The molecular formula is C13H17N4O2S+. The van der Waals surface area contributed by atoms with Gasteiger partial charge in [0.05, 0.1) is 38.3 Å². The van der Waals surface area contributed by atoms with E-state index in [4.69, 9.17) is 12.2 Å². The van der Waals surface area contributed by atoms with Crippen LogP contribution in [-0.2, 0) is 0 Å². The third-order valence-electron chi connectivity index (χ3n) is 2.92. The molecule has 20 heavy (non-hydrogen) atoms. The minimum Gasteiger partial charge on any atom is -0.356 e. The topological polar surface area (TPSA) is 65.9 Å². The van der Waals surface area contributed by atoms with Gasteiger partial charge in [-0.3, -0.25) is 15.0 Å². The maximum Gasteiger partial charge on any atom is 0.280 e. The molecule has 0 aromatic heterocycles. The number of hydrogen-bond donors (Lipinski definition) is 3. The fourth-order valence-corrected chi connectivity index (χ4v) is 2.05. The van der Waals surface area contributed by atoms with Crippen molar-refractivity contribution in [2.24, 2.45) is 0 Å². The predicted molar refractivity (Wildman–Crippen MR) is 78.4 cm³/mol. The average molecular weight is 293 g/mol. The van der Waals surface area contributed by atoms with Crippen molar-refractivity contribution in [3.8, 4) is 0 Å². The molecule has 1 aliphatic rings. The van der Waals surface area contributed by atoms with Crippen molar-refractivity contribution in [1.82, 2.24) is 15.8 Å². The Morgan fingerprint density at radius 3 is 2.25 bits per heavy atom. The standard InChI is InChI=1S/C13H16N4O2S/c1-16(2)8-7-14-13(20)15-17-11(18)9-5-3-4-6-10(9)12(17)19/h3-6H,7-8H2,1-2H3,(H2,14,15,20)/p+1. The number of imide groups is 1. The summed E-state index contributed by atoms with van der Waals surface area (Å²) in [6.07, 6.45) is 0. The van der Waals surface area contributed by atoms with Crippen LogP contribution in [0.3, 0.4) is 0 Å². The molecule has 1 aromatic carbocycles. The molecule has 0 saturated carbocycles. The van der Waals surface area contributed by atoms with E-state index < -0.39 is 0 Å². The highest BCUT2D eigenvalue weighted by atomic mass is 32.1. The van der Waals surface area contributed by atoms with Crippen molar-refractivity contribution < 1.29 is 14.5 Å². The Hall–Kier alpha value is -1.99. The first-order chi connectivity index (χ1) is 9.50. The molecule has 1 aromatic rings. The number of quaternary nitrogens is 1. The average Bonchev–Trinajstić information content (AvgIpc) is 2.64. The minimum atomic E-state index is -0.381. The summed E-state index contributed by atoms with van der Waals surface area (Å²) in [6, 6.07) is 6.71. The Bertz CT molecular complexity index is 524. The maximum atomic E-state index is 12.1. The molecule has 1 aliphatic heterocycles. The van der Waals surface area contributed by atoms with Gasteiger partial charge in [-0.25, -0.2) is 0 Å². The maximum absolute atomic E-state index is 12.1. The Morgan fingerprint density at radius 2 is 1.75 bits per heavy atom. The summed E-state index contributed by atoms with van der Waals surface area (Å²) in [4.78, 5) is 25.4. The molecule has 0 bridgehead atoms. The summed E-state index contributed by atoms with van der Waals surface area (Å²) >= 11 is 5.08. The molecule has 0 radical (unpaired) electrons. The molecule has 0 unspecified atom stereocenters. The van der Waals surface area contributed by atoms with Crippen molar-refractivity contribution >= 4 is 29.1 Å². The number of hydrogen-bond acceptors (Lipinski definition) is 3. The highest BCUT2D eigenvalue weighted by Gasteiger charge is 2.35. The van der Waals surface area contributed by atoms with E-state index in [9.17, 15) is 9.59 Å². The van der Waals surface area contributed by atoms with Crippen molar-refractivity contribution in [3.05, 3.63) is 35.4 Å². The highest BCUT2D eigenvalue weighted by molar-refractivity contribution is 7.80. The first kappa shape index (κ1) is 14.4. The molecule has 106 valence electrons. The van der Waals surface area contributed by atoms with Crippen LogP contribution in [0.1, 0.15) is 20.7 Å². The van der Waals surface area contributed by atoms with Gasteiger partial charge in [0.25, 0.3) is 11.8 Å². The van der Waals surface area contributed by atoms with E-state index >= 15 is 0 Å². The monoisotopic (exact) mass is 293 g/mol. The van der Waals surface area contributed by atoms with E-state index in [1.807, 2.05) is 14.1 Å². The van der Waals surface area contributed by atoms with E-state index in [-0.39, 0.29) is 16.9 Å². The first-order valence-electron chi connectivity index (χ1n) is 6.32. The lowest BCUT2D eigenvalue weighted by Gasteiger charge is -2.18. The van der Waals surface area contributed by atoms with E-state index in [1.165, 1.54) is 4.90 Å². The van der Waals surface area contributed by atoms with Crippen LogP contribution in [0, 0.1) is 0 Å². The van der Waals surface area contributed by atoms with Crippen molar-refractivity contribution in [1.29, 1.82) is 0 Å². The van der Waals surface area contributed by atoms with Gasteiger partial charge in [-0.1, -0.05) is 12.1 Å². The SMILES string of the molecule is C[NH+](C)CCNC(=S)NN1C(=O)c2ccccc2C1=O. The lowest BCUT2D eigenvalue weighted by atomic mass is 10.1. The fraction of sp³-hybridized carbons (Fsp3) is 0.308. The zero-order valence-corrected chi connectivity index (χ0v) is 12.2. The lowest BCUT2D eigenvalue weighted by molar-refractivity contribution is -0.856. The first-order valence-corrected chi connectivity index (χ1v) is 6.73. The number of rotatable bonds is 4. The molecule has 0 fully saturated rings. The van der Waals surface area contributed by atoms with Gasteiger partial charge in [-0.05, 0) is 24.4 Å². The number of carbonyl (C=O) groups is 2. The second-order valence-corrected chi connectivity index (χ2v) is 5.22. The molecule has 2 amide bonds. The molecular weight excluding hydrogens is 276 g/mol. The molecule has 3 N–H and O–H groups in total. The van der Waals surface area contributed by atoms with Crippen LogP contribution >= 0.6 is 12.2 Å². The van der Waals surface area contributed by atoms with Gasteiger partial charge in [0.2, 0.25) is 0 Å². The van der Waals surface area contributed by atoms with Gasteiger partial charge in [0, 0.05) is 0 Å². The van der Waals surface area contributed by atoms with Gasteiger partial charge in [0.15, 0.2) is 5.11 Å². The van der Waals surface area contributed by atoms with Gasteiger partial charge >= 0.3 is 0 Å². The normalized spacial score (nSPS) is 13.7. The number of thiocarbonyl (C=S) groups is 1. The number of amides is 2. The summed E-state index contributed by atoms with van der Waals surface area (Å²) in [5.41, 5.74) is 3.43. The number of fused-ring (bicyclic) bond motifs is 1. The van der Waals surface area contributed by atoms with Crippen LogP contribution in [-0.4, -0.2) is 49.1 Å². The van der Waals surface area contributed by atoms with Gasteiger partial charge < -0.3 is 10.2 Å². The van der Waals surface area contributed by atoms with E-state index in [0.717, 1.165) is 11.6 Å². The number of hydrazine groups is 1. The van der Waals surface area contributed by atoms with Crippen LogP contribution in [0.25, 0.3) is 0 Å². The van der Waals surface area contributed by atoms with Crippen LogP contribution in [0.5, 0.6) is 0 Å². The molecule has 2 rings (SSSR count). The zero-order chi connectivity index (χ0) is 14.7. The number of carbonyl (C=O) groups excluding carboxylic acids is 2. The second-order valence-electron chi connectivity index (χ2n) is 4.82. The third kappa shape index (κ3) is 2.94. The smallest absolute Gasteiger partial charge is 0.280 e. The molecule has 0 spiro atoms. The summed E-state index contributed by atoms with van der Waals surface area (Å²) in [5, 5.41) is 4.17. The predicted octanol–water partition coefficient (Wildman–Crippen LogP) is -1.19. The van der Waals surface area contributed by atoms with Crippen molar-refractivity contribution in [2.75, 3.05) is 27.2 Å². The quantitative estimate of drug-likeness (QED) is 0.481. The minimum absolute atomic E-state index is 0.265. The number of likely N-dealkylation sites (N-methyl/N-ethyl adjacent to an activating group) is 1. The molecule has 0 atom stereocenters. The molecule has 6 nitrogen and oxygen atoms in total. The third-order valence-corrected chi connectivity index (χ3v) is 3.15. The summed E-state index contributed by atoms with van der Waals surface area (Å²) in [5.74, 6) is -0.763. The molecule has 7 heteroatoms. The van der Waals surface area contributed by atoms with E-state index in [1.54, 1.807) is 24.3 Å². The largest absolute Gasteiger partial charge is 0.356 e. The highest BCUT2D eigenvalue weighted by Crippen LogP contribution is 2.20. The Morgan fingerprint density at radius 1 is 1.20 bits per heavy atom. The Labute approximate surface area is 122 Å². The van der Waals surface area contributed by atoms with Crippen LogP contribution in [0.4, 0.5) is 0 Å². The fourth-order valence-electron chi connectivity index (χ4n) is 1.86. The number of nitrogens with one attached hydrogen (secondary N) is 3. The zero-order valence-electron chi connectivity index (χ0n) is 11.4. The molecule has 0 aliphatic carbocycles. The number of benzene rings is 1. The van der Waals surface area contributed by atoms with Crippen molar-refractivity contribution in [2.45, 2.75) is 0 Å². The van der Waals surface area contributed by atoms with Crippen LogP contribution in [0.2, 0.25) is 0 Å². The Balaban J connectivity index is 1.97. The summed E-state index contributed by atoms with van der Waals surface area (Å²) < 4.78 is 0. The van der Waals surface area contributed by atoms with Crippen molar-refractivity contribution in [3.63, 3.8) is 0 Å². The molecule has 0 saturated heterocycles. The number of nitrogens with zero attached hydrogens (tertiary/aromatic N) is 1. The van der Waals surface area contributed by atoms with Gasteiger partial charge in [-0.2, -0.15) is 5.01 Å². The van der Waals surface area contributed by atoms with Gasteiger partial charge in [0.1, 0.15) is 0 Å². The van der Waals surface area contributed by atoms with E-state index in [0.29, 0.717) is 17.7 Å². The van der Waals surface area contributed by atoms with Crippen LogP contribution < -0.4 is 15.6 Å². The Kier molecular flexibility index (Phi) is 4.31. The van der Waals surface area contributed by atoms with E-state index in [2.05, 4.69) is 10.7 Å². The van der Waals surface area contributed by atoms with Crippen LogP contribution in [0.15, 0.2) is 24.3 Å². The molecule has 1 heterocycles. The second kappa shape index (κ2) is 5.98.